The summed E-state index contributed by atoms with van der Waals surface area (Å²) in [4.78, 5) is 59.8. The van der Waals surface area contributed by atoms with Crippen LogP contribution in [0.5, 0.6) is 5.75 Å². The molecule has 12 nitrogen and oxygen atoms in total. The van der Waals surface area contributed by atoms with E-state index >= 15 is 0 Å². The average molecular weight is 511 g/mol. The number of piperidine rings is 1. The number of amides is 4. The van der Waals surface area contributed by atoms with Crippen LogP contribution >= 0.6 is 0 Å². The summed E-state index contributed by atoms with van der Waals surface area (Å²) >= 11 is 0. The third-order valence-corrected chi connectivity index (χ3v) is 7.68. The Hall–Kier alpha value is -3.88. The number of ether oxygens (including phenoxy) is 2. The Morgan fingerprint density at radius 3 is 2.78 bits per heavy atom. The molecule has 0 unspecified atom stereocenters. The highest BCUT2D eigenvalue weighted by Gasteiger charge is 2.61. The maximum Gasteiger partial charge on any atom is 0.407 e. The number of anilines is 1. The number of carbonyl (C=O) groups excluding carboxylic acids is 4. The molecule has 0 bridgehead atoms. The second-order valence-corrected chi connectivity index (χ2v) is 11.2. The van der Waals surface area contributed by atoms with Crippen molar-refractivity contribution in [1.82, 2.24) is 20.1 Å². The van der Waals surface area contributed by atoms with Crippen LogP contribution in [-0.2, 0) is 19.1 Å². The summed E-state index contributed by atoms with van der Waals surface area (Å²) in [5, 5.41) is 15.2. The Balaban J connectivity index is 1.40. The van der Waals surface area contributed by atoms with E-state index in [9.17, 15) is 24.4 Å². The van der Waals surface area contributed by atoms with Crippen molar-refractivity contribution in [3.05, 3.63) is 18.3 Å². The van der Waals surface area contributed by atoms with Crippen molar-refractivity contribution in [3.8, 4) is 11.8 Å². The number of hydrogen-bond donors (Lipinski definition) is 2. The van der Waals surface area contributed by atoms with Crippen LogP contribution in [0.2, 0.25) is 0 Å². The maximum absolute atomic E-state index is 13.9. The quantitative estimate of drug-likeness (QED) is 0.611. The molecule has 1 aromatic rings. The first kappa shape index (κ1) is 24.8. The van der Waals surface area contributed by atoms with E-state index in [1.165, 1.54) is 18.2 Å². The third kappa shape index (κ3) is 4.12. The van der Waals surface area contributed by atoms with E-state index in [1.54, 1.807) is 17.0 Å². The van der Waals surface area contributed by atoms with Gasteiger partial charge in [0.15, 0.2) is 11.6 Å². The van der Waals surface area contributed by atoms with Crippen LogP contribution in [0.25, 0.3) is 0 Å². The van der Waals surface area contributed by atoms with Crippen molar-refractivity contribution in [3.63, 3.8) is 0 Å². The lowest BCUT2D eigenvalue weighted by molar-refractivity contribution is -0.148. The van der Waals surface area contributed by atoms with E-state index in [2.05, 4.69) is 21.7 Å². The molecule has 1 spiro atoms. The first-order valence-corrected chi connectivity index (χ1v) is 12.3. The number of alkyl carbamates (subject to hydrolysis) is 1. The zero-order chi connectivity index (χ0) is 26.7. The number of hydrogen-bond acceptors (Lipinski definition) is 8. The third-order valence-electron chi connectivity index (χ3n) is 7.68. The Labute approximate surface area is 214 Å². The molecule has 2 saturated heterocycles. The molecule has 6 atom stereocenters. The highest BCUT2D eigenvalue weighted by molar-refractivity contribution is 6.01. The van der Waals surface area contributed by atoms with Gasteiger partial charge in [-0.1, -0.05) is 20.8 Å². The summed E-state index contributed by atoms with van der Waals surface area (Å²) in [6.07, 6.45) is 2.04. The normalized spacial score (nSPS) is 30.4. The number of likely N-dealkylation sites (tertiary alicyclic amines) is 2. The van der Waals surface area contributed by atoms with Crippen LogP contribution in [0.15, 0.2) is 18.3 Å². The number of fused-ring (bicyclic) bond motifs is 2. The Bertz CT molecular complexity index is 1210. The lowest BCUT2D eigenvalue weighted by atomic mass is 9.85. The largest absolute Gasteiger partial charge is 0.472 e. The Morgan fingerprint density at radius 2 is 2.11 bits per heavy atom. The number of rotatable bonds is 3. The summed E-state index contributed by atoms with van der Waals surface area (Å²) in [6, 6.07) is 2.75. The van der Waals surface area contributed by atoms with Crippen LogP contribution in [0.4, 0.5) is 10.6 Å². The summed E-state index contributed by atoms with van der Waals surface area (Å²) < 4.78 is 10.8. The molecule has 1 aromatic heterocycles. The van der Waals surface area contributed by atoms with Gasteiger partial charge in [-0.15, -0.1) is 0 Å². The van der Waals surface area contributed by atoms with E-state index in [0.717, 1.165) is 6.42 Å². The number of nitrogens with zero attached hydrogens (tertiary/aromatic N) is 4. The van der Waals surface area contributed by atoms with Gasteiger partial charge >= 0.3 is 6.09 Å². The number of nitrogens with one attached hydrogen (secondary N) is 2. The van der Waals surface area contributed by atoms with Crippen molar-refractivity contribution in [2.24, 2.45) is 11.3 Å². The van der Waals surface area contributed by atoms with Crippen molar-refractivity contribution in [1.29, 1.82) is 5.26 Å². The molecule has 0 radical (unpaired) electrons. The predicted octanol–water partition coefficient (Wildman–Crippen LogP) is 1.04. The number of nitriles is 1. The van der Waals surface area contributed by atoms with Crippen molar-refractivity contribution in [2.45, 2.75) is 69.8 Å². The minimum Gasteiger partial charge on any atom is -0.472 e. The van der Waals surface area contributed by atoms with Crippen LogP contribution in [0.1, 0.15) is 40.0 Å². The molecular formula is C25H30N6O6. The molecule has 4 aliphatic rings. The minimum atomic E-state index is -1.43. The van der Waals surface area contributed by atoms with Gasteiger partial charge in [0, 0.05) is 18.7 Å². The fraction of sp³-hybridized carbons (Fsp3) is 0.600. The number of methoxy groups -OCH3 is 1. The molecule has 0 aromatic carbocycles. The van der Waals surface area contributed by atoms with E-state index in [0.29, 0.717) is 12.2 Å². The van der Waals surface area contributed by atoms with Gasteiger partial charge in [0.25, 0.3) is 5.91 Å². The van der Waals surface area contributed by atoms with Crippen LogP contribution in [0.3, 0.4) is 0 Å². The molecule has 2 N–H and O–H groups in total. The topological polar surface area (TPSA) is 154 Å². The maximum atomic E-state index is 13.9. The highest BCUT2D eigenvalue weighted by Crippen LogP contribution is 2.50. The van der Waals surface area contributed by atoms with E-state index in [4.69, 9.17) is 9.47 Å². The first-order chi connectivity index (χ1) is 17.5. The number of carbonyl (C=O) groups is 4. The molecule has 196 valence electrons. The van der Waals surface area contributed by atoms with Gasteiger partial charge in [-0.3, -0.25) is 14.4 Å². The van der Waals surface area contributed by atoms with Gasteiger partial charge < -0.3 is 29.9 Å². The second kappa shape index (κ2) is 8.61. The number of pyridine rings is 1. The van der Waals surface area contributed by atoms with Gasteiger partial charge in [0.1, 0.15) is 18.1 Å². The van der Waals surface area contributed by atoms with Gasteiger partial charge in [-0.05, 0) is 36.3 Å². The molecule has 4 amide bonds. The monoisotopic (exact) mass is 510 g/mol. The molecule has 4 heterocycles. The van der Waals surface area contributed by atoms with Crippen LogP contribution in [0, 0.1) is 22.7 Å². The molecule has 3 aliphatic heterocycles. The molecule has 1 aliphatic carbocycles. The average Bonchev–Trinajstić information content (AvgIpc) is 3.36. The zero-order valence-corrected chi connectivity index (χ0v) is 21.2. The second-order valence-electron chi connectivity index (χ2n) is 11.2. The Morgan fingerprint density at radius 1 is 1.35 bits per heavy atom. The first-order valence-electron chi connectivity index (χ1n) is 12.3. The molecule has 1 saturated carbocycles. The lowest BCUT2D eigenvalue weighted by Crippen LogP contribution is -2.59. The van der Waals surface area contributed by atoms with E-state index < -0.39 is 47.0 Å². The zero-order valence-electron chi connectivity index (χ0n) is 21.2. The van der Waals surface area contributed by atoms with Gasteiger partial charge in [0.05, 0.1) is 19.7 Å². The summed E-state index contributed by atoms with van der Waals surface area (Å²) in [6.45, 7) is 5.35. The predicted molar refractivity (Wildman–Crippen MR) is 128 cm³/mol. The summed E-state index contributed by atoms with van der Waals surface area (Å²) in [5.74, 6) is -0.393. The molecule has 37 heavy (non-hydrogen) atoms. The summed E-state index contributed by atoms with van der Waals surface area (Å²) in [7, 11) is 1.22. The Kier molecular flexibility index (Phi) is 5.77. The van der Waals surface area contributed by atoms with Crippen molar-refractivity contribution < 1.29 is 28.7 Å². The van der Waals surface area contributed by atoms with Crippen LogP contribution < -0.4 is 15.4 Å². The van der Waals surface area contributed by atoms with Crippen LogP contribution in [-0.4, -0.2) is 82.0 Å². The van der Waals surface area contributed by atoms with Crippen molar-refractivity contribution in [2.75, 3.05) is 19.0 Å². The van der Waals surface area contributed by atoms with Gasteiger partial charge in [-0.25, -0.2) is 9.78 Å². The number of aromatic nitrogens is 1. The minimum absolute atomic E-state index is 0.00254. The standard InChI is InChI=1S/C25H30N6O6/c1-24(2,3)18(28-23(35)36-4)21(33)31-15-8-13(15)9-16(31)20(32)30-12-25(10-14(30)11-26)22(34)29-19-17(37-25)6-5-7-27-19/h5-7,13-16,18H,8-10,12H2,1-4H3,(H,28,35)(H,27,29,34)/t13-,14+,15-,16+,18-,25-/m1/s1. The summed E-state index contributed by atoms with van der Waals surface area (Å²) in [5.41, 5.74) is -2.07. The molecule has 12 heteroatoms. The molecule has 3 fully saturated rings. The van der Waals surface area contributed by atoms with E-state index in [-0.39, 0.29) is 36.7 Å². The fourth-order valence-corrected chi connectivity index (χ4v) is 5.66. The van der Waals surface area contributed by atoms with Crippen molar-refractivity contribution >= 4 is 29.6 Å². The van der Waals surface area contributed by atoms with Gasteiger partial charge in [-0.2, -0.15) is 5.26 Å². The SMILES string of the molecule is COC(=O)N[C@H](C(=O)N1[C@@H]2C[C@@H]2C[C@H]1C(=O)N1C[C@@]2(C[C@H]1C#N)Oc1cccnc1NC2=O)C(C)(C)C. The molecule has 5 rings (SSSR count). The van der Waals surface area contributed by atoms with Gasteiger partial charge in [0.2, 0.25) is 17.4 Å². The lowest BCUT2D eigenvalue weighted by Gasteiger charge is -2.37. The smallest absolute Gasteiger partial charge is 0.407 e. The van der Waals surface area contributed by atoms with E-state index in [1.807, 2.05) is 20.8 Å². The molecular weight excluding hydrogens is 480 g/mol. The fourth-order valence-electron chi connectivity index (χ4n) is 5.66. The highest BCUT2D eigenvalue weighted by atomic mass is 16.5.